The van der Waals surface area contributed by atoms with Crippen molar-refractivity contribution in [3.05, 3.63) is 0 Å². The molecule has 2 fully saturated rings. The summed E-state index contributed by atoms with van der Waals surface area (Å²) in [4.78, 5) is 11.6. The predicted octanol–water partition coefficient (Wildman–Crippen LogP) is 0.350. The molecular weight excluding hydrogens is 206 g/mol. The molecule has 2 heterocycles. The van der Waals surface area contributed by atoms with Crippen molar-refractivity contribution < 1.29 is 14.3 Å². The van der Waals surface area contributed by atoms with E-state index in [1.165, 1.54) is 7.11 Å². The van der Waals surface area contributed by atoms with Crippen LogP contribution in [0.2, 0.25) is 0 Å². The van der Waals surface area contributed by atoms with Gasteiger partial charge in [0.25, 0.3) is 0 Å². The van der Waals surface area contributed by atoms with E-state index in [2.05, 4.69) is 5.32 Å². The van der Waals surface area contributed by atoms with Crippen LogP contribution in [0.15, 0.2) is 0 Å². The van der Waals surface area contributed by atoms with Crippen molar-refractivity contribution in [1.29, 1.82) is 0 Å². The Kier molecular flexibility index (Phi) is 3.75. The first-order valence-corrected chi connectivity index (χ1v) is 4.70. The summed E-state index contributed by atoms with van der Waals surface area (Å²) in [6.07, 6.45) is 1.86. The lowest BCUT2D eigenvalue weighted by Gasteiger charge is -2.35. The van der Waals surface area contributed by atoms with Crippen molar-refractivity contribution in [2.24, 2.45) is 5.41 Å². The molecule has 14 heavy (non-hydrogen) atoms. The third kappa shape index (κ3) is 1.62. The monoisotopic (exact) mass is 221 g/mol. The summed E-state index contributed by atoms with van der Waals surface area (Å²) in [6.45, 7) is 2.24. The molecule has 0 aromatic carbocycles. The molecule has 0 aliphatic carbocycles. The molecule has 0 bridgehead atoms. The van der Waals surface area contributed by atoms with Crippen LogP contribution in [0, 0.1) is 5.41 Å². The van der Waals surface area contributed by atoms with Gasteiger partial charge in [-0.3, -0.25) is 4.79 Å². The fourth-order valence-corrected chi connectivity index (χ4v) is 2.33. The molecule has 0 radical (unpaired) electrons. The molecule has 2 rings (SSSR count). The Morgan fingerprint density at radius 3 is 3.14 bits per heavy atom. The number of rotatable bonds is 1. The number of hydrogen-bond donors (Lipinski definition) is 1. The Bertz CT molecular complexity index is 224. The lowest BCUT2D eigenvalue weighted by molar-refractivity contribution is -0.165. The van der Waals surface area contributed by atoms with Crippen LogP contribution in [0.3, 0.4) is 0 Å². The molecule has 82 valence electrons. The maximum atomic E-state index is 11.6. The first-order chi connectivity index (χ1) is 6.29. The standard InChI is InChI=1S/C9H15NO3.ClH/c1-12-8(11)9-3-2-4-13-7(9)5-10-6-9;/h7,10H,2-6H2,1H3;1H/t7-,9-;/m1./s1. The van der Waals surface area contributed by atoms with E-state index in [1.54, 1.807) is 0 Å². The van der Waals surface area contributed by atoms with Gasteiger partial charge in [0.2, 0.25) is 0 Å². The molecule has 1 N–H and O–H groups in total. The first-order valence-electron chi connectivity index (χ1n) is 4.70. The SMILES string of the molecule is COC(=O)[C@@]12CCCO[C@@H]1CNC2.Cl. The molecular formula is C9H16ClNO3. The molecule has 2 aliphatic heterocycles. The number of carbonyl (C=O) groups excluding carboxylic acids is 1. The second-order valence-corrected chi connectivity index (χ2v) is 3.74. The minimum absolute atomic E-state index is 0. The minimum Gasteiger partial charge on any atom is -0.468 e. The molecule has 0 unspecified atom stereocenters. The van der Waals surface area contributed by atoms with Crippen LogP contribution in [-0.4, -0.2) is 38.9 Å². The molecule has 2 aliphatic rings. The molecule has 0 aromatic heterocycles. The summed E-state index contributed by atoms with van der Waals surface area (Å²) in [5.41, 5.74) is -0.396. The van der Waals surface area contributed by atoms with E-state index in [0.29, 0.717) is 6.54 Å². The summed E-state index contributed by atoms with van der Waals surface area (Å²) in [6, 6.07) is 0. The van der Waals surface area contributed by atoms with E-state index >= 15 is 0 Å². The Morgan fingerprint density at radius 1 is 1.64 bits per heavy atom. The van der Waals surface area contributed by atoms with Crippen molar-refractivity contribution in [3.63, 3.8) is 0 Å². The highest BCUT2D eigenvalue weighted by atomic mass is 35.5. The average molecular weight is 222 g/mol. The van der Waals surface area contributed by atoms with Crippen LogP contribution in [0.1, 0.15) is 12.8 Å². The van der Waals surface area contributed by atoms with Crippen LogP contribution in [0.25, 0.3) is 0 Å². The molecule has 0 amide bonds. The van der Waals surface area contributed by atoms with E-state index in [9.17, 15) is 4.79 Å². The van der Waals surface area contributed by atoms with Crippen LogP contribution in [0.5, 0.6) is 0 Å². The second-order valence-electron chi connectivity index (χ2n) is 3.74. The lowest BCUT2D eigenvalue weighted by Crippen LogP contribution is -2.47. The number of hydrogen-bond acceptors (Lipinski definition) is 4. The van der Waals surface area contributed by atoms with E-state index in [1.807, 2.05) is 0 Å². The highest BCUT2D eigenvalue weighted by Gasteiger charge is 2.52. The molecule has 0 aromatic rings. The van der Waals surface area contributed by atoms with Crippen molar-refractivity contribution in [2.45, 2.75) is 18.9 Å². The number of nitrogens with one attached hydrogen (secondary N) is 1. The fourth-order valence-electron chi connectivity index (χ4n) is 2.33. The van der Waals surface area contributed by atoms with Gasteiger partial charge in [-0.1, -0.05) is 0 Å². The number of fused-ring (bicyclic) bond motifs is 1. The van der Waals surface area contributed by atoms with E-state index < -0.39 is 5.41 Å². The average Bonchev–Trinajstić information content (AvgIpc) is 2.61. The zero-order chi connectivity index (χ0) is 9.31. The predicted molar refractivity (Wildman–Crippen MR) is 53.5 cm³/mol. The molecule has 2 atom stereocenters. The highest BCUT2D eigenvalue weighted by molar-refractivity contribution is 5.85. The fraction of sp³-hybridized carbons (Fsp3) is 0.889. The quantitative estimate of drug-likeness (QED) is 0.650. The molecule has 0 spiro atoms. The Hall–Kier alpha value is -0.320. The maximum Gasteiger partial charge on any atom is 0.315 e. The van der Waals surface area contributed by atoms with Crippen LogP contribution >= 0.6 is 12.4 Å². The molecule has 2 saturated heterocycles. The third-order valence-electron chi connectivity index (χ3n) is 3.06. The van der Waals surface area contributed by atoms with Crippen molar-refractivity contribution in [3.8, 4) is 0 Å². The highest BCUT2D eigenvalue weighted by Crippen LogP contribution is 2.37. The zero-order valence-corrected chi connectivity index (χ0v) is 9.06. The smallest absolute Gasteiger partial charge is 0.315 e. The van der Waals surface area contributed by atoms with Gasteiger partial charge in [0, 0.05) is 19.7 Å². The van der Waals surface area contributed by atoms with Crippen LogP contribution in [0.4, 0.5) is 0 Å². The van der Waals surface area contributed by atoms with Crippen LogP contribution in [-0.2, 0) is 14.3 Å². The first kappa shape index (κ1) is 11.8. The van der Waals surface area contributed by atoms with Gasteiger partial charge in [0.1, 0.15) is 5.41 Å². The molecule has 0 saturated carbocycles. The van der Waals surface area contributed by atoms with Crippen molar-refractivity contribution >= 4 is 18.4 Å². The summed E-state index contributed by atoms with van der Waals surface area (Å²) >= 11 is 0. The summed E-state index contributed by atoms with van der Waals surface area (Å²) in [7, 11) is 1.45. The van der Waals surface area contributed by atoms with Crippen LogP contribution < -0.4 is 5.32 Å². The number of methoxy groups -OCH3 is 1. The zero-order valence-electron chi connectivity index (χ0n) is 8.25. The normalized spacial score (nSPS) is 35.6. The van der Waals surface area contributed by atoms with Gasteiger partial charge >= 0.3 is 5.97 Å². The Balaban J connectivity index is 0.000000980. The van der Waals surface area contributed by atoms with E-state index in [-0.39, 0.29) is 24.5 Å². The topological polar surface area (TPSA) is 47.6 Å². The second kappa shape index (κ2) is 4.47. The van der Waals surface area contributed by atoms with E-state index in [4.69, 9.17) is 9.47 Å². The van der Waals surface area contributed by atoms with E-state index in [0.717, 1.165) is 26.0 Å². The Morgan fingerprint density at radius 2 is 2.43 bits per heavy atom. The Labute approximate surface area is 89.7 Å². The lowest BCUT2D eigenvalue weighted by atomic mass is 9.78. The van der Waals surface area contributed by atoms with Gasteiger partial charge < -0.3 is 14.8 Å². The number of esters is 1. The minimum atomic E-state index is -0.396. The van der Waals surface area contributed by atoms with Gasteiger partial charge in [-0.15, -0.1) is 12.4 Å². The number of halogens is 1. The molecule has 4 nitrogen and oxygen atoms in total. The largest absolute Gasteiger partial charge is 0.468 e. The van der Waals surface area contributed by atoms with Gasteiger partial charge in [-0.2, -0.15) is 0 Å². The number of ether oxygens (including phenoxy) is 2. The van der Waals surface area contributed by atoms with Gasteiger partial charge in [0.05, 0.1) is 13.2 Å². The number of carbonyl (C=O) groups is 1. The summed E-state index contributed by atoms with van der Waals surface area (Å²) in [5.74, 6) is -0.123. The summed E-state index contributed by atoms with van der Waals surface area (Å²) in [5, 5.41) is 3.19. The molecule has 5 heteroatoms. The van der Waals surface area contributed by atoms with Gasteiger partial charge in [0.15, 0.2) is 0 Å². The maximum absolute atomic E-state index is 11.6. The van der Waals surface area contributed by atoms with Crippen molar-refractivity contribution in [2.75, 3.05) is 26.8 Å². The van der Waals surface area contributed by atoms with Gasteiger partial charge in [-0.05, 0) is 12.8 Å². The third-order valence-corrected chi connectivity index (χ3v) is 3.06. The van der Waals surface area contributed by atoms with Crippen molar-refractivity contribution in [1.82, 2.24) is 5.32 Å². The summed E-state index contributed by atoms with van der Waals surface area (Å²) < 4.78 is 10.4. The van der Waals surface area contributed by atoms with Gasteiger partial charge in [-0.25, -0.2) is 0 Å².